The summed E-state index contributed by atoms with van der Waals surface area (Å²) in [7, 11) is 0. The Morgan fingerprint density at radius 2 is 1.54 bits per heavy atom. The van der Waals surface area contributed by atoms with Crippen LogP contribution in [0.15, 0.2) is 0 Å². The lowest BCUT2D eigenvalue weighted by Crippen LogP contribution is -2.69. The van der Waals surface area contributed by atoms with Gasteiger partial charge in [-0.3, -0.25) is 9.59 Å². The second kappa shape index (κ2) is 6.26. The van der Waals surface area contributed by atoms with Crippen LogP contribution < -0.4 is 5.32 Å². The van der Waals surface area contributed by atoms with E-state index in [0.717, 1.165) is 25.7 Å². The lowest BCUT2D eigenvalue weighted by molar-refractivity contribution is -0.162. The van der Waals surface area contributed by atoms with Crippen molar-refractivity contribution in [3.05, 3.63) is 0 Å². The molecule has 0 spiro atoms. The zero-order chi connectivity index (χ0) is 16.7. The molecular weight excluding hydrogens is 308 g/mol. The summed E-state index contributed by atoms with van der Waals surface area (Å²) >= 11 is 0. The van der Waals surface area contributed by atoms with Gasteiger partial charge in [0.05, 0.1) is 6.54 Å². The lowest BCUT2D eigenvalue weighted by atomic mass is 9.95. The largest absolute Gasteiger partial charge is 0.335 e. The van der Waals surface area contributed by atoms with E-state index in [1.807, 2.05) is 0 Å². The minimum Gasteiger partial charge on any atom is -0.335 e. The number of hydrogen-bond donors (Lipinski definition) is 1. The van der Waals surface area contributed by atoms with Crippen molar-refractivity contribution in [2.24, 2.45) is 0 Å². The van der Waals surface area contributed by atoms with E-state index >= 15 is 0 Å². The third-order valence-corrected chi connectivity index (χ3v) is 5.99. The van der Waals surface area contributed by atoms with E-state index in [-0.39, 0.29) is 29.9 Å². The number of urea groups is 1. The van der Waals surface area contributed by atoms with Gasteiger partial charge in [0, 0.05) is 25.7 Å². The van der Waals surface area contributed by atoms with Gasteiger partial charge < -0.3 is 20.0 Å². The molecule has 7 nitrogen and oxygen atoms in total. The molecule has 3 saturated heterocycles. The fraction of sp³-hybridized carbons (Fsp3) is 0.824. The first-order valence-electron chi connectivity index (χ1n) is 9.31. The lowest BCUT2D eigenvalue weighted by Gasteiger charge is -2.47. The summed E-state index contributed by atoms with van der Waals surface area (Å²) in [6.45, 7) is 1.98. The summed E-state index contributed by atoms with van der Waals surface area (Å²) in [4.78, 5) is 43.0. The van der Waals surface area contributed by atoms with Gasteiger partial charge in [-0.2, -0.15) is 0 Å². The van der Waals surface area contributed by atoms with E-state index in [4.69, 9.17) is 0 Å². The molecule has 0 aromatic rings. The number of nitrogens with one attached hydrogen (secondary N) is 1. The van der Waals surface area contributed by atoms with Crippen LogP contribution in [0.5, 0.6) is 0 Å². The topological polar surface area (TPSA) is 73.0 Å². The molecule has 3 heterocycles. The molecule has 0 aromatic carbocycles. The molecule has 0 aromatic heterocycles. The first-order valence-corrected chi connectivity index (χ1v) is 9.31. The number of amides is 4. The van der Waals surface area contributed by atoms with Crippen molar-refractivity contribution >= 4 is 17.8 Å². The smallest absolute Gasteiger partial charge is 0.317 e. The van der Waals surface area contributed by atoms with Crippen molar-refractivity contribution in [3.63, 3.8) is 0 Å². The molecule has 1 aliphatic carbocycles. The maximum absolute atomic E-state index is 12.7. The minimum atomic E-state index is -0.488. The first kappa shape index (κ1) is 15.7. The Morgan fingerprint density at radius 3 is 2.33 bits per heavy atom. The maximum Gasteiger partial charge on any atom is 0.317 e. The van der Waals surface area contributed by atoms with Crippen LogP contribution in [0.3, 0.4) is 0 Å². The molecule has 0 bridgehead atoms. The number of piperazine rings is 2. The van der Waals surface area contributed by atoms with Crippen molar-refractivity contribution in [3.8, 4) is 0 Å². The third-order valence-electron chi connectivity index (χ3n) is 5.99. The molecule has 1 N–H and O–H groups in total. The van der Waals surface area contributed by atoms with E-state index < -0.39 is 6.04 Å². The highest BCUT2D eigenvalue weighted by Gasteiger charge is 2.50. The summed E-state index contributed by atoms with van der Waals surface area (Å²) < 4.78 is 0. The molecule has 2 atom stereocenters. The van der Waals surface area contributed by atoms with Gasteiger partial charge in [0.2, 0.25) is 11.8 Å². The highest BCUT2D eigenvalue weighted by atomic mass is 16.2. The van der Waals surface area contributed by atoms with Crippen LogP contribution >= 0.6 is 0 Å². The molecule has 7 heteroatoms. The molecule has 132 valence electrons. The standard InChI is InChI=1S/C17H26N4O3/c22-15-13-7-4-8-20(13)16(23)14-11-19(9-10-21(14)15)17(24)18-12-5-2-1-3-6-12/h12-14H,1-11H2,(H,18,24). The minimum absolute atomic E-state index is 0.0206. The number of fused-ring (bicyclic) bond motifs is 2. The fourth-order valence-corrected chi connectivity index (χ4v) is 4.63. The molecule has 1 saturated carbocycles. The van der Waals surface area contributed by atoms with Gasteiger partial charge in [0.25, 0.3) is 0 Å². The van der Waals surface area contributed by atoms with Gasteiger partial charge in [0.1, 0.15) is 12.1 Å². The quantitative estimate of drug-likeness (QED) is 0.761. The second-order valence-corrected chi connectivity index (χ2v) is 7.47. The summed E-state index contributed by atoms with van der Waals surface area (Å²) in [5, 5.41) is 3.12. The van der Waals surface area contributed by atoms with Crippen LogP contribution in [0.4, 0.5) is 4.79 Å². The van der Waals surface area contributed by atoms with E-state index in [1.165, 1.54) is 19.3 Å². The molecular formula is C17H26N4O3. The third kappa shape index (κ3) is 2.63. The van der Waals surface area contributed by atoms with E-state index in [0.29, 0.717) is 26.2 Å². The summed E-state index contributed by atoms with van der Waals surface area (Å²) in [5.41, 5.74) is 0. The maximum atomic E-state index is 12.7. The van der Waals surface area contributed by atoms with Crippen molar-refractivity contribution < 1.29 is 14.4 Å². The Hall–Kier alpha value is -1.79. The SMILES string of the molecule is O=C(NC1CCCCC1)N1CCN2C(=O)C3CCCN3C(=O)C2C1. The van der Waals surface area contributed by atoms with Crippen molar-refractivity contribution in [2.75, 3.05) is 26.2 Å². The molecule has 24 heavy (non-hydrogen) atoms. The number of rotatable bonds is 1. The van der Waals surface area contributed by atoms with Crippen LogP contribution in [0.1, 0.15) is 44.9 Å². The van der Waals surface area contributed by atoms with Gasteiger partial charge >= 0.3 is 6.03 Å². The monoisotopic (exact) mass is 334 g/mol. The highest BCUT2D eigenvalue weighted by Crippen LogP contribution is 2.29. The Labute approximate surface area is 142 Å². The van der Waals surface area contributed by atoms with Crippen LogP contribution in [0.25, 0.3) is 0 Å². The van der Waals surface area contributed by atoms with Crippen molar-refractivity contribution in [1.29, 1.82) is 0 Å². The Kier molecular flexibility index (Phi) is 4.10. The van der Waals surface area contributed by atoms with Gasteiger partial charge in [-0.1, -0.05) is 19.3 Å². The normalized spacial score (nSPS) is 31.1. The van der Waals surface area contributed by atoms with E-state index in [9.17, 15) is 14.4 Å². The molecule has 4 rings (SSSR count). The molecule has 4 fully saturated rings. The first-order chi connectivity index (χ1) is 11.6. The van der Waals surface area contributed by atoms with Gasteiger partial charge in [-0.15, -0.1) is 0 Å². The molecule has 4 amide bonds. The van der Waals surface area contributed by atoms with Crippen LogP contribution in [0.2, 0.25) is 0 Å². The fourth-order valence-electron chi connectivity index (χ4n) is 4.63. The van der Waals surface area contributed by atoms with E-state index in [2.05, 4.69) is 5.32 Å². The number of carbonyl (C=O) groups excluding carboxylic acids is 3. The van der Waals surface area contributed by atoms with Gasteiger partial charge in [0.15, 0.2) is 0 Å². The Bertz CT molecular complexity index is 546. The van der Waals surface area contributed by atoms with Crippen molar-refractivity contribution in [1.82, 2.24) is 20.0 Å². The molecule has 0 radical (unpaired) electrons. The Balaban J connectivity index is 1.41. The molecule has 3 aliphatic heterocycles. The van der Waals surface area contributed by atoms with Crippen LogP contribution in [-0.2, 0) is 9.59 Å². The number of carbonyl (C=O) groups is 3. The second-order valence-electron chi connectivity index (χ2n) is 7.47. The summed E-state index contributed by atoms with van der Waals surface area (Å²) in [5.74, 6) is 0.0942. The van der Waals surface area contributed by atoms with E-state index in [1.54, 1.807) is 14.7 Å². The summed E-state index contributed by atoms with van der Waals surface area (Å²) in [6.07, 6.45) is 7.36. The van der Waals surface area contributed by atoms with Crippen LogP contribution in [-0.4, -0.2) is 76.8 Å². The van der Waals surface area contributed by atoms with Gasteiger partial charge in [-0.05, 0) is 25.7 Å². The van der Waals surface area contributed by atoms with Crippen LogP contribution in [0, 0.1) is 0 Å². The average Bonchev–Trinajstić information content (AvgIpc) is 3.10. The Morgan fingerprint density at radius 1 is 0.833 bits per heavy atom. The van der Waals surface area contributed by atoms with Gasteiger partial charge in [-0.25, -0.2) is 4.79 Å². The molecule has 4 aliphatic rings. The average molecular weight is 334 g/mol. The van der Waals surface area contributed by atoms with Crippen molar-refractivity contribution in [2.45, 2.75) is 63.1 Å². The number of nitrogens with zero attached hydrogens (tertiary/aromatic N) is 3. The zero-order valence-corrected chi connectivity index (χ0v) is 14.1. The predicted octanol–water partition coefficient (Wildman–Crippen LogP) is 0.546. The number of hydrogen-bond acceptors (Lipinski definition) is 3. The highest BCUT2D eigenvalue weighted by molar-refractivity contribution is 5.98. The summed E-state index contributed by atoms with van der Waals surface area (Å²) in [6, 6.07) is -0.560. The zero-order valence-electron chi connectivity index (χ0n) is 14.1. The molecule has 2 unspecified atom stereocenters. The predicted molar refractivity (Wildman–Crippen MR) is 87.2 cm³/mol.